The molecule has 15 heavy (non-hydrogen) atoms. The first-order valence-corrected chi connectivity index (χ1v) is 4.21. The summed E-state index contributed by atoms with van der Waals surface area (Å²) in [7, 11) is 3.83. The van der Waals surface area contributed by atoms with Gasteiger partial charge in [0, 0.05) is 25.8 Å². The molecule has 84 valence electrons. The number of rotatable bonds is 4. The minimum absolute atomic E-state index is 0. The molecule has 0 aromatic heterocycles. The Morgan fingerprint density at radius 1 is 1.47 bits per heavy atom. The van der Waals surface area contributed by atoms with Crippen molar-refractivity contribution in [1.82, 2.24) is 0 Å². The lowest BCUT2D eigenvalue weighted by molar-refractivity contribution is -0.139. The van der Waals surface area contributed by atoms with Gasteiger partial charge in [0.05, 0.1) is 0 Å². The van der Waals surface area contributed by atoms with E-state index in [1.807, 2.05) is 31.1 Å². The smallest absolute Gasteiger partial charge is 0.341 e. The summed E-state index contributed by atoms with van der Waals surface area (Å²) >= 11 is 0. The van der Waals surface area contributed by atoms with Crippen LogP contribution in [0.5, 0.6) is 5.75 Å². The van der Waals surface area contributed by atoms with Crippen LogP contribution in [-0.4, -0.2) is 31.8 Å². The summed E-state index contributed by atoms with van der Waals surface area (Å²) in [6.45, 7) is -0.309. The molecule has 0 spiro atoms. The highest BCUT2D eigenvalue weighted by atomic mass is 35.5. The van der Waals surface area contributed by atoms with Gasteiger partial charge >= 0.3 is 5.97 Å². The van der Waals surface area contributed by atoms with Gasteiger partial charge in [0.1, 0.15) is 5.75 Å². The van der Waals surface area contributed by atoms with Crippen LogP contribution in [0, 0.1) is 0 Å². The number of aliphatic carboxylic acids is 1. The molecule has 0 fully saturated rings. The molecule has 0 saturated heterocycles. The molecule has 1 aromatic rings. The van der Waals surface area contributed by atoms with Gasteiger partial charge in [-0.2, -0.15) is 0 Å². The van der Waals surface area contributed by atoms with Gasteiger partial charge in [-0.15, -0.1) is 12.4 Å². The number of ether oxygens (including phenoxy) is 1. The van der Waals surface area contributed by atoms with E-state index in [0.717, 1.165) is 5.69 Å². The second-order valence-electron chi connectivity index (χ2n) is 3.07. The Labute approximate surface area is 94.9 Å². The van der Waals surface area contributed by atoms with Gasteiger partial charge < -0.3 is 14.7 Å². The zero-order valence-corrected chi connectivity index (χ0v) is 9.45. The Hall–Kier alpha value is -1.42. The largest absolute Gasteiger partial charge is 0.482 e. The van der Waals surface area contributed by atoms with E-state index in [-0.39, 0.29) is 19.0 Å². The highest BCUT2D eigenvalue weighted by molar-refractivity contribution is 5.85. The Morgan fingerprint density at radius 3 is 2.67 bits per heavy atom. The topological polar surface area (TPSA) is 49.8 Å². The number of hydrogen-bond acceptors (Lipinski definition) is 3. The first-order chi connectivity index (χ1) is 6.59. The summed E-state index contributed by atoms with van der Waals surface area (Å²) in [4.78, 5) is 12.2. The first-order valence-electron chi connectivity index (χ1n) is 4.21. The monoisotopic (exact) mass is 231 g/mol. The maximum absolute atomic E-state index is 10.3. The normalized spacial score (nSPS) is 8.93. The van der Waals surface area contributed by atoms with Crippen LogP contribution in [0.4, 0.5) is 5.69 Å². The zero-order valence-electron chi connectivity index (χ0n) is 8.64. The average molecular weight is 232 g/mol. The van der Waals surface area contributed by atoms with E-state index in [1.54, 1.807) is 12.1 Å². The predicted octanol–water partition coefficient (Wildman–Crippen LogP) is 1.64. The molecule has 1 rings (SSSR count). The van der Waals surface area contributed by atoms with Crippen molar-refractivity contribution in [3.63, 3.8) is 0 Å². The second-order valence-corrected chi connectivity index (χ2v) is 3.07. The molecule has 0 radical (unpaired) electrons. The van der Waals surface area contributed by atoms with Crippen molar-refractivity contribution >= 4 is 24.1 Å². The number of carboxylic acids is 1. The Balaban J connectivity index is 0.00000196. The maximum Gasteiger partial charge on any atom is 0.341 e. The first kappa shape index (κ1) is 13.6. The van der Waals surface area contributed by atoms with Gasteiger partial charge in [-0.1, -0.05) is 6.07 Å². The molecule has 1 aromatic carbocycles. The van der Waals surface area contributed by atoms with E-state index >= 15 is 0 Å². The van der Waals surface area contributed by atoms with E-state index < -0.39 is 5.97 Å². The molecule has 4 nitrogen and oxygen atoms in total. The molecule has 1 N–H and O–H groups in total. The number of halogens is 1. The lowest BCUT2D eigenvalue weighted by atomic mass is 10.3. The summed E-state index contributed by atoms with van der Waals surface area (Å²) in [5.41, 5.74) is 0.980. The maximum atomic E-state index is 10.3. The lowest BCUT2D eigenvalue weighted by Gasteiger charge is -2.13. The highest BCUT2D eigenvalue weighted by Crippen LogP contribution is 2.18. The quantitative estimate of drug-likeness (QED) is 0.856. The summed E-state index contributed by atoms with van der Waals surface area (Å²) in [6, 6.07) is 7.28. The third kappa shape index (κ3) is 4.56. The minimum atomic E-state index is -0.972. The van der Waals surface area contributed by atoms with Crippen LogP contribution in [0.2, 0.25) is 0 Å². The molecular formula is C10H14ClNO3. The van der Waals surface area contributed by atoms with Gasteiger partial charge in [0.2, 0.25) is 0 Å². The van der Waals surface area contributed by atoms with Gasteiger partial charge in [-0.05, 0) is 12.1 Å². The number of carbonyl (C=O) groups is 1. The van der Waals surface area contributed by atoms with E-state index in [1.165, 1.54) is 0 Å². The van der Waals surface area contributed by atoms with Gasteiger partial charge in [0.25, 0.3) is 0 Å². The molecular weight excluding hydrogens is 218 g/mol. The number of anilines is 1. The van der Waals surface area contributed by atoms with Crippen molar-refractivity contribution in [2.45, 2.75) is 0 Å². The van der Waals surface area contributed by atoms with Crippen LogP contribution in [0.25, 0.3) is 0 Å². The molecule has 5 heteroatoms. The van der Waals surface area contributed by atoms with Crippen LogP contribution in [-0.2, 0) is 4.79 Å². The van der Waals surface area contributed by atoms with Crippen LogP contribution in [0.3, 0.4) is 0 Å². The van der Waals surface area contributed by atoms with Crippen LogP contribution in [0.1, 0.15) is 0 Å². The van der Waals surface area contributed by atoms with Crippen molar-refractivity contribution in [2.24, 2.45) is 0 Å². The van der Waals surface area contributed by atoms with Crippen molar-refractivity contribution in [2.75, 3.05) is 25.6 Å². The van der Waals surface area contributed by atoms with Gasteiger partial charge in [-0.3, -0.25) is 0 Å². The molecule has 0 bridgehead atoms. The Bertz CT molecular complexity index is 328. The SMILES string of the molecule is CN(C)c1cccc(OCC(=O)O)c1.Cl. The van der Waals surface area contributed by atoms with Crippen molar-refractivity contribution in [1.29, 1.82) is 0 Å². The van der Waals surface area contributed by atoms with E-state index in [9.17, 15) is 4.79 Å². The van der Waals surface area contributed by atoms with Gasteiger partial charge in [0.15, 0.2) is 6.61 Å². The summed E-state index contributed by atoms with van der Waals surface area (Å²) in [5.74, 6) is -0.404. The predicted molar refractivity (Wildman–Crippen MR) is 61.1 cm³/mol. The standard InChI is InChI=1S/C10H13NO3.ClH/c1-11(2)8-4-3-5-9(6-8)14-7-10(12)13;/h3-6H,7H2,1-2H3,(H,12,13);1H. The van der Waals surface area contributed by atoms with Crippen molar-refractivity contribution in [3.05, 3.63) is 24.3 Å². The number of benzene rings is 1. The Morgan fingerprint density at radius 2 is 2.13 bits per heavy atom. The second kappa shape index (κ2) is 6.14. The van der Waals surface area contributed by atoms with Crippen molar-refractivity contribution in [3.8, 4) is 5.75 Å². The molecule has 0 aliphatic heterocycles. The van der Waals surface area contributed by atoms with E-state index in [4.69, 9.17) is 9.84 Å². The number of hydrogen-bond donors (Lipinski definition) is 1. The molecule has 0 unspecified atom stereocenters. The van der Waals surface area contributed by atoms with Crippen molar-refractivity contribution < 1.29 is 14.6 Å². The number of carboxylic acid groups (broad SMARTS) is 1. The summed E-state index contributed by atoms with van der Waals surface area (Å²) < 4.78 is 5.03. The highest BCUT2D eigenvalue weighted by Gasteiger charge is 2.00. The average Bonchev–Trinajstić information content (AvgIpc) is 2.15. The molecule has 0 atom stereocenters. The molecule has 0 saturated carbocycles. The minimum Gasteiger partial charge on any atom is -0.482 e. The van der Waals surface area contributed by atoms with Gasteiger partial charge in [-0.25, -0.2) is 4.79 Å². The van der Waals surface area contributed by atoms with E-state index in [2.05, 4.69) is 0 Å². The third-order valence-corrected chi connectivity index (χ3v) is 1.70. The number of nitrogens with zero attached hydrogens (tertiary/aromatic N) is 1. The van der Waals surface area contributed by atoms with Crippen LogP contribution < -0.4 is 9.64 Å². The fraction of sp³-hybridized carbons (Fsp3) is 0.300. The fourth-order valence-corrected chi connectivity index (χ4v) is 0.997. The summed E-state index contributed by atoms with van der Waals surface area (Å²) in [6.07, 6.45) is 0. The molecule has 0 aliphatic rings. The van der Waals surface area contributed by atoms with Crippen LogP contribution in [0.15, 0.2) is 24.3 Å². The third-order valence-electron chi connectivity index (χ3n) is 1.70. The van der Waals surface area contributed by atoms with E-state index in [0.29, 0.717) is 5.75 Å². The van der Waals surface area contributed by atoms with Crippen LogP contribution >= 0.6 is 12.4 Å². The zero-order chi connectivity index (χ0) is 10.6. The fourth-order valence-electron chi connectivity index (χ4n) is 0.997. The lowest BCUT2D eigenvalue weighted by Crippen LogP contribution is -2.11. The molecule has 0 amide bonds. The summed E-state index contributed by atoms with van der Waals surface area (Å²) in [5, 5.41) is 8.42. The molecule has 0 aliphatic carbocycles. The molecule has 0 heterocycles. The Kier molecular flexibility index (Phi) is 5.56.